The Balaban J connectivity index is 1.45. The molecule has 2 saturated carbocycles. The normalized spacial score (nSPS) is 24.2. The number of benzene rings is 1. The van der Waals surface area contributed by atoms with Crippen LogP contribution in [0.3, 0.4) is 0 Å². The first-order chi connectivity index (χ1) is 12.5. The summed E-state index contributed by atoms with van der Waals surface area (Å²) in [6, 6.07) is 10.7. The second-order valence-corrected chi connectivity index (χ2v) is 7.94. The molecule has 1 aromatic carbocycles. The second-order valence-electron chi connectivity index (χ2n) is 7.94. The number of hydrogen-bond acceptors (Lipinski definition) is 4. The van der Waals surface area contributed by atoms with E-state index >= 15 is 0 Å². The molecule has 26 heavy (non-hydrogen) atoms. The van der Waals surface area contributed by atoms with Gasteiger partial charge in [-0.1, -0.05) is 18.2 Å². The van der Waals surface area contributed by atoms with Gasteiger partial charge >= 0.3 is 0 Å². The fourth-order valence-corrected chi connectivity index (χ4v) is 3.82. The molecular formula is C20H27N5O. The van der Waals surface area contributed by atoms with Gasteiger partial charge in [-0.05, 0) is 57.6 Å². The molecule has 4 N–H and O–H groups in total. The van der Waals surface area contributed by atoms with Gasteiger partial charge in [0.25, 0.3) is 5.91 Å². The van der Waals surface area contributed by atoms with Crippen LogP contribution in [0.5, 0.6) is 0 Å². The van der Waals surface area contributed by atoms with Crippen molar-refractivity contribution in [3.8, 4) is 0 Å². The highest BCUT2D eigenvalue weighted by Gasteiger charge is 2.39. The van der Waals surface area contributed by atoms with Crippen molar-refractivity contribution in [2.75, 3.05) is 5.32 Å². The number of aromatic nitrogens is 2. The lowest BCUT2D eigenvalue weighted by atomic mass is 9.90. The van der Waals surface area contributed by atoms with E-state index in [1.807, 2.05) is 35.0 Å². The first-order valence-electron chi connectivity index (χ1n) is 9.51. The lowest BCUT2D eigenvalue weighted by Gasteiger charge is -2.31. The molecule has 2 fully saturated rings. The van der Waals surface area contributed by atoms with E-state index in [2.05, 4.69) is 22.7 Å². The van der Waals surface area contributed by atoms with E-state index in [4.69, 9.17) is 5.73 Å². The third-order valence-corrected chi connectivity index (χ3v) is 5.66. The molecule has 6 heteroatoms. The van der Waals surface area contributed by atoms with Crippen LogP contribution in [0, 0.1) is 0 Å². The summed E-state index contributed by atoms with van der Waals surface area (Å²) < 4.78 is 1.93. The maximum Gasteiger partial charge on any atom is 0.254 e. The molecule has 138 valence electrons. The Kier molecular flexibility index (Phi) is 4.44. The molecule has 4 rings (SSSR count). The van der Waals surface area contributed by atoms with Crippen molar-refractivity contribution in [2.45, 2.75) is 63.1 Å². The molecule has 2 aliphatic rings. The van der Waals surface area contributed by atoms with Gasteiger partial charge in [0.05, 0.1) is 6.04 Å². The third kappa shape index (κ3) is 3.75. The molecule has 0 spiro atoms. The summed E-state index contributed by atoms with van der Waals surface area (Å²) in [6.07, 6.45) is 8.82. The van der Waals surface area contributed by atoms with Crippen LogP contribution in [0.25, 0.3) is 0 Å². The first kappa shape index (κ1) is 17.1. The van der Waals surface area contributed by atoms with Crippen molar-refractivity contribution in [1.82, 2.24) is 15.1 Å². The molecule has 1 aromatic heterocycles. The van der Waals surface area contributed by atoms with Gasteiger partial charge in [0, 0.05) is 23.5 Å². The van der Waals surface area contributed by atoms with E-state index in [9.17, 15) is 4.79 Å². The lowest BCUT2D eigenvalue weighted by Crippen LogP contribution is -2.40. The Hall–Kier alpha value is -2.34. The van der Waals surface area contributed by atoms with E-state index in [1.54, 1.807) is 6.20 Å². The minimum Gasteiger partial charge on any atom is -0.365 e. The number of anilines is 2. The predicted octanol–water partition coefficient (Wildman–Crippen LogP) is 3.35. The zero-order valence-corrected chi connectivity index (χ0v) is 15.2. The molecule has 0 atom stereocenters. The molecule has 2 aliphatic carbocycles. The SMILES string of the molecule is CC1(NC2CCC(n3cc(C(N)=O)c(Nc4ccccc4)n3)CC2)CC1. The zero-order valence-electron chi connectivity index (χ0n) is 15.2. The molecule has 2 aromatic rings. The van der Waals surface area contributed by atoms with Crippen LogP contribution < -0.4 is 16.4 Å². The average molecular weight is 353 g/mol. The van der Waals surface area contributed by atoms with Gasteiger partial charge in [0.2, 0.25) is 0 Å². The van der Waals surface area contributed by atoms with Crippen molar-refractivity contribution < 1.29 is 4.79 Å². The molecule has 6 nitrogen and oxygen atoms in total. The van der Waals surface area contributed by atoms with Crippen LogP contribution in [-0.2, 0) is 0 Å². The number of amides is 1. The van der Waals surface area contributed by atoms with Crippen molar-refractivity contribution >= 4 is 17.4 Å². The van der Waals surface area contributed by atoms with Crippen LogP contribution in [-0.4, -0.2) is 27.3 Å². The summed E-state index contributed by atoms with van der Waals surface area (Å²) in [5.74, 6) is 0.0844. The number of nitrogens with one attached hydrogen (secondary N) is 2. The Morgan fingerprint density at radius 1 is 1.19 bits per heavy atom. The van der Waals surface area contributed by atoms with Gasteiger partial charge in [-0.25, -0.2) is 0 Å². The molecule has 0 bridgehead atoms. The maximum absolute atomic E-state index is 11.8. The van der Waals surface area contributed by atoms with Crippen LogP contribution in [0.1, 0.15) is 61.8 Å². The van der Waals surface area contributed by atoms with Crippen molar-refractivity contribution in [2.24, 2.45) is 5.73 Å². The zero-order chi connectivity index (χ0) is 18.1. The highest BCUT2D eigenvalue weighted by Crippen LogP contribution is 2.38. The summed E-state index contributed by atoms with van der Waals surface area (Å²) in [5.41, 5.74) is 7.29. The number of carbonyl (C=O) groups excluding carboxylic acids is 1. The Morgan fingerprint density at radius 2 is 1.88 bits per heavy atom. The topological polar surface area (TPSA) is 85.0 Å². The Bertz CT molecular complexity index is 773. The van der Waals surface area contributed by atoms with E-state index in [1.165, 1.54) is 12.8 Å². The second kappa shape index (κ2) is 6.76. The first-order valence-corrected chi connectivity index (χ1v) is 9.51. The summed E-state index contributed by atoms with van der Waals surface area (Å²) in [7, 11) is 0. The number of rotatable bonds is 6. The smallest absolute Gasteiger partial charge is 0.254 e. The van der Waals surface area contributed by atoms with Crippen LogP contribution in [0.15, 0.2) is 36.5 Å². The number of para-hydroxylation sites is 1. The standard InChI is InChI=1S/C20H27N5O/c1-20(11-12-20)23-15-7-9-16(10-8-15)25-13-17(18(21)26)19(24-25)22-14-5-3-2-4-6-14/h2-6,13,15-16,23H,7-12H2,1H3,(H2,21,26)(H,22,24). The number of hydrogen-bond donors (Lipinski definition) is 3. The molecule has 0 saturated heterocycles. The van der Waals surface area contributed by atoms with Crippen molar-refractivity contribution in [3.05, 3.63) is 42.1 Å². The molecule has 1 amide bonds. The summed E-state index contributed by atoms with van der Waals surface area (Å²) in [4.78, 5) is 11.8. The van der Waals surface area contributed by atoms with Crippen LogP contribution >= 0.6 is 0 Å². The number of nitrogens with zero attached hydrogens (tertiary/aromatic N) is 2. The fourth-order valence-electron chi connectivity index (χ4n) is 3.82. The van der Waals surface area contributed by atoms with E-state index < -0.39 is 5.91 Å². The van der Waals surface area contributed by atoms with Gasteiger partial charge in [-0.3, -0.25) is 9.48 Å². The molecular weight excluding hydrogens is 326 g/mol. The monoisotopic (exact) mass is 353 g/mol. The van der Waals surface area contributed by atoms with Crippen molar-refractivity contribution in [1.29, 1.82) is 0 Å². The maximum atomic E-state index is 11.8. The Morgan fingerprint density at radius 3 is 2.50 bits per heavy atom. The third-order valence-electron chi connectivity index (χ3n) is 5.66. The van der Waals surface area contributed by atoms with Crippen LogP contribution in [0.2, 0.25) is 0 Å². The van der Waals surface area contributed by atoms with Gasteiger partial charge < -0.3 is 16.4 Å². The highest BCUT2D eigenvalue weighted by molar-refractivity contribution is 5.98. The van der Waals surface area contributed by atoms with Gasteiger partial charge in [0.15, 0.2) is 5.82 Å². The lowest BCUT2D eigenvalue weighted by molar-refractivity contribution is 0.100. The van der Waals surface area contributed by atoms with Gasteiger partial charge in [-0.2, -0.15) is 5.10 Å². The summed E-state index contributed by atoms with van der Waals surface area (Å²) in [6.45, 7) is 2.31. The van der Waals surface area contributed by atoms with Gasteiger partial charge in [-0.15, -0.1) is 0 Å². The van der Waals surface area contributed by atoms with Crippen molar-refractivity contribution in [3.63, 3.8) is 0 Å². The average Bonchev–Trinajstić information content (AvgIpc) is 3.20. The van der Waals surface area contributed by atoms with E-state index in [0.29, 0.717) is 29.0 Å². The molecule has 0 unspecified atom stereocenters. The van der Waals surface area contributed by atoms with E-state index in [0.717, 1.165) is 31.4 Å². The number of primary amides is 1. The largest absolute Gasteiger partial charge is 0.365 e. The predicted molar refractivity (Wildman–Crippen MR) is 103 cm³/mol. The summed E-state index contributed by atoms with van der Waals surface area (Å²) >= 11 is 0. The number of carbonyl (C=O) groups is 1. The van der Waals surface area contributed by atoms with E-state index in [-0.39, 0.29) is 0 Å². The number of nitrogens with two attached hydrogens (primary N) is 1. The molecule has 0 aliphatic heterocycles. The molecule has 1 heterocycles. The minimum absolute atomic E-state index is 0.324. The summed E-state index contributed by atoms with van der Waals surface area (Å²) in [5, 5.41) is 11.7. The minimum atomic E-state index is -0.452. The Labute approximate surface area is 154 Å². The highest BCUT2D eigenvalue weighted by atomic mass is 16.1. The van der Waals surface area contributed by atoms with Gasteiger partial charge in [0.1, 0.15) is 5.56 Å². The fraction of sp³-hybridized carbons (Fsp3) is 0.500. The van der Waals surface area contributed by atoms with Crippen LogP contribution in [0.4, 0.5) is 11.5 Å². The quantitative estimate of drug-likeness (QED) is 0.743. The molecule has 0 radical (unpaired) electrons.